The second kappa shape index (κ2) is 43.9. The maximum absolute atomic E-state index is 13.8. The Balaban J connectivity index is 0.000000184. The van der Waals surface area contributed by atoms with Gasteiger partial charge in [-0.25, -0.2) is 51.0 Å². The number of halogens is 3. The summed E-state index contributed by atoms with van der Waals surface area (Å²) in [6, 6.07) is 21.2. The number of methoxy groups -OCH3 is 2. The molecule has 11 heterocycles. The number of hydrogen-bond acceptors (Lipinski definition) is 37. The number of para-hydroxylation sites is 3. The van der Waals surface area contributed by atoms with Gasteiger partial charge in [0.25, 0.3) is 30.1 Å². The Morgan fingerprint density at radius 2 is 0.829 bits per heavy atom. The van der Waals surface area contributed by atoms with Crippen molar-refractivity contribution in [2.75, 3.05) is 53.5 Å². The standard InChI is InChI=1S/C29H29ClN4O13S2.C16H11ClN4O3S2.C15H13ClN4O2S2.C13H18O10.C6H15N/c1-14(35)43-20-21(44-15(2)36)23(45-16(3)37)27(46-22(20)26(38)42-4)47-29(39)31-10-9-17-13-34(19-8-6-5-7-18(17)19)49(40,41)25-24(30)32-28-33(25)11-12-48-28;17-14-15(20-7-8-25-16(20)19-14)26(23,24)21-9-11(5-6-18-10-22)12-3-1-2-4-13(12)21;16-13-14(19-7-8-23-15(19)18-13)24(21,22)20-9-10(5-6-17)11-3-1-2-4-12(11)20;1-5(14)20-8-9(21-6(2)15)11(22-7(3)16)13(18)23-10(8)12(17)19-4;1-4-7(5-2)6-3/h5-8,11-13,20-23,27H,9-10H2,1-4H3,(H,31,39);1-4,7-9H,5-6H2;1-4,7-9H,5-6,17H2;8-11,13,18H,1-4H3;4-6H2,1-3H3. The van der Waals surface area contributed by atoms with E-state index in [1.807, 2.05) is 24.3 Å². The molecule has 14 rings (SSSR count). The summed E-state index contributed by atoms with van der Waals surface area (Å²) >= 11 is 22.4. The first kappa shape index (κ1) is 99.9. The van der Waals surface area contributed by atoms with Crippen LogP contribution in [0.15, 0.2) is 146 Å². The van der Waals surface area contributed by atoms with Crippen molar-refractivity contribution in [2.24, 2.45) is 10.7 Å². The van der Waals surface area contributed by atoms with Crippen LogP contribution in [0.25, 0.3) is 47.6 Å². The number of benzene rings is 3. The van der Waals surface area contributed by atoms with Gasteiger partial charge in [0.2, 0.25) is 33.6 Å². The van der Waals surface area contributed by atoms with Gasteiger partial charge in [-0.1, -0.05) is 110 Å². The van der Waals surface area contributed by atoms with Crippen LogP contribution in [0.4, 0.5) is 4.79 Å². The molecular formula is C79H86Cl3N13O28S6. The van der Waals surface area contributed by atoms with Crippen molar-refractivity contribution in [1.82, 2.24) is 50.3 Å². The number of aliphatic hydroxyl groups is 1. The van der Waals surface area contributed by atoms with E-state index in [1.165, 1.54) is 87.1 Å². The Morgan fingerprint density at radius 3 is 1.18 bits per heavy atom. The summed E-state index contributed by atoms with van der Waals surface area (Å²) in [4.78, 5) is 137. The molecule has 2 saturated heterocycles. The molecule has 2 aliphatic rings. The highest BCUT2D eigenvalue weighted by molar-refractivity contribution is 7.90. The van der Waals surface area contributed by atoms with E-state index in [2.05, 4.69) is 55.7 Å². The summed E-state index contributed by atoms with van der Waals surface area (Å²) in [5.41, 5.74) is 9.33. The van der Waals surface area contributed by atoms with Crippen molar-refractivity contribution in [3.05, 3.63) is 158 Å². The molecule has 2 aliphatic heterocycles. The third-order valence-electron chi connectivity index (χ3n) is 19.2. The van der Waals surface area contributed by atoms with Gasteiger partial charge in [-0.05, 0) is 80.3 Å². The molecule has 0 spiro atoms. The number of nitrogens with two attached hydrogens (primary N) is 1. The van der Waals surface area contributed by atoms with Crippen LogP contribution in [0.1, 0.15) is 79.0 Å². The molecule has 0 radical (unpaired) electrons. The molecule has 0 bridgehead atoms. The molecule has 3 aromatic carbocycles. The minimum Gasteiger partial charge on any atom is -0.467 e. The number of carbonyl (C=O) groups is 9. The summed E-state index contributed by atoms with van der Waals surface area (Å²) in [5, 5.41) is 19.3. The first-order valence-electron chi connectivity index (χ1n) is 38.8. The van der Waals surface area contributed by atoms with Crippen LogP contribution in [0, 0.1) is 0 Å². The number of fused-ring (bicyclic) bond motifs is 6. The fourth-order valence-electron chi connectivity index (χ4n) is 13.8. The lowest BCUT2D eigenvalue weighted by molar-refractivity contribution is -0.289. The minimum absolute atomic E-state index is 0.0273. The first-order valence-corrected chi connectivity index (χ1v) is 46.9. The van der Waals surface area contributed by atoms with Crippen molar-refractivity contribution < 1.29 is 130 Å². The highest BCUT2D eigenvalue weighted by Gasteiger charge is 2.57. The van der Waals surface area contributed by atoms with Crippen LogP contribution < -0.4 is 11.1 Å². The van der Waals surface area contributed by atoms with E-state index >= 15 is 0 Å². The third kappa shape index (κ3) is 22.8. The summed E-state index contributed by atoms with van der Waals surface area (Å²) < 4.78 is 144. The van der Waals surface area contributed by atoms with Gasteiger partial charge < -0.3 is 73.2 Å². The zero-order valence-corrected chi connectivity index (χ0v) is 77.5. The summed E-state index contributed by atoms with van der Waals surface area (Å²) in [5.74, 6) is -7.13. The molecule has 10 unspecified atom stereocenters. The molecule has 9 aromatic heterocycles. The number of imidazole rings is 3. The monoisotopic (exact) mass is 1960 g/mol. The molecule has 12 aromatic rings. The molecule has 4 N–H and O–H groups in total. The molecule has 0 saturated carbocycles. The number of nitrogens with one attached hydrogen (secondary N) is 1. The summed E-state index contributed by atoms with van der Waals surface area (Å²) in [6.45, 7) is 17.0. The number of ether oxygens (including phenoxy) is 11. The molecule has 50 heteroatoms. The Kier molecular flexibility index (Phi) is 34.0. The number of aliphatic hydroxyl groups excluding tert-OH is 1. The normalized spacial score (nSPS) is 18.5. The quantitative estimate of drug-likeness (QED) is 0.0199. The van der Waals surface area contributed by atoms with Crippen LogP contribution in [0.3, 0.4) is 0 Å². The predicted molar refractivity (Wildman–Crippen MR) is 466 cm³/mol. The number of aromatic nitrogens is 9. The average molecular weight is 1960 g/mol. The Labute approximate surface area is 762 Å². The molecule has 692 valence electrons. The van der Waals surface area contributed by atoms with Crippen LogP contribution >= 0.6 is 68.8 Å². The van der Waals surface area contributed by atoms with Crippen molar-refractivity contribution >= 4 is 206 Å². The zero-order valence-electron chi connectivity index (χ0n) is 70.3. The van der Waals surface area contributed by atoms with Gasteiger partial charge in [0.15, 0.2) is 79.4 Å². The Hall–Kier alpha value is -11.3. The molecule has 0 aliphatic carbocycles. The Morgan fingerprint density at radius 1 is 0.496 bits per heavy atom. The maximum atomic E-state index is 13.8. The van der Waals surface area contributed by atoms with Crippen LogP contribution in [-0.2, 0) is 145 Å². The maximum Gasteiger partial charge on any atom is 0.409 e. The molecule has 1 amide bonds. The van der Waals surface area contributed by atoms with Crippen molar-refractivity contribution in [3.63, 3.8) is 0 Å². The SMILES string of the molecule is CCN(CC)CC.COC(=O)C1OC(O)C(OC(C)=O)C(OC(C)=O)C1OC(C)=O.COC(=O)C1OC(OC(=O)NCCc2cn(S(=O)(=O)c3c(Cl)nc4sccn34)c3ccccc23)C(OC(C)=O)C(OC(C)=O)C1OC(C)=O.NCCc1cn(S(=O)(=O)c2c(Cl)nc3sccn23)c2ccccc12.O=C=NCCc1cn(S(=O)(=O)c2c(Cl)nc3sccn23)c2ccccc12. The van der Waals surface area contributed by atoms with E-state index in [0.29, 0.717) is 61.8 Å². The van der Waals surface area contributed by atoms with Gasteiger partial charge in [0.1, 0.15) is 0 Å². The van der Waals surface area contributed by atoms with E-state index < -0.39 is 145 Å². The zero-order chi connectivity index (χ0) is 94.3. The molecule has 41 nitrogen and oxygen atoms in total. The van der Waals surface area contributed by atoms with E-state index in [-0.39, 0.29) is 50.0 Å². The number of thiazole rings is 3. The smallest absolute Gasteiger partial charge is 0.409 e. The van der Waals surface area contributed by atoms with Gasteiger partial charge in [-0.15, -0.1) is 34.0 Å². The number of nitrogens with zero attached hydrogens (tertiary/aromatic N) is 11. The molecule has 2 fully saturated rings. The predicted octanol–water partition coefficient (Wildman–Crippen LogP) is 8.08. The van der Waals surface area contributed by atoms with Crippen LogP contribution in [0.2, 0.25) is 15.5 Å². The molecule has 129 heavy (non-hydrogen) atoms. The van der Waals surface area contributed by atoms with Crippen LogP contribution in [0.5, 0.6) is 0 Å². The van der Waals surface area contributed by atoms with Crippen LogP contribution in [-0.4, -0.2) is 250 Å². The third-order valence-corrected chi connectivity index (χ3v) is 27.7. The highest BCUT2D eigenvalue weighted by atomic mass is 35.5. The van der Waals surface area contributed by atoms with Crippen molar-refractivity contribution in [2.45, 2.75) is 158 Å². The van der Waals surface area contributed by atoms with Gasteiger partial charge in [0.05, 0.1) is 37.3 Å². The van der Waals surface area contributed by atoms with E-state index in [4.69, 9.17) is 87.9 Å². The van der Waals surface area contributed by atoms with Gasteiger partial charge >= 0.3 is 53.8 Å². The fourth-order valence-corrected chi connectivity index (χ4v) is 22.2. The second-order valence-corrected chi connectivity index (χ2v) is 36.4. The summed E-state index contributed by atoms with van der Waals surface area (Å²) in [7, 11) is -10.0. The topological polar surface area (TPSA) is 515 Å². The number of rotatable bonds is 26. The lowest BCUT2D eigenvalue weighted by atomic mass is 9.97. The fraction of sp³-hybridized carbons (Fsp3) is 0.380. The number of aliphatic imine (C=N–C) groups is 1. The lowest BCUT2D eigenvalue weighted by Gasteiger charge is -2.42. The van der Waals surface area contributed by atoms with Crippen molar-refractivity contribution in [1.29, 1.82) is 0 Å². The van der Waals surface area contributed by atoms with E-state index in [0.717, 1.165) is 81.6 Å². The largest absolute Gasteiger partial charge is 0.467 e. The van der Waals surface area contributed by atoms with Gasteiger partial charge in [-0.2, -0.15) is 25.3 Å². The van der Waals surface area contributed by atoms with Gasteiger partial charge in [0, 0.05) is 118 Å². The minimum atomic E-state index is -4.23. The molecular weight excluding hydrogens is 1880 g/mol. The highest BCUT2D eigenvalue weighted by Crippen LogP contribution is 2.38. The number of isocyanates is 1. The second-order valence-electron chi connectivity index (χ2n) is 27.5. The number of carbonyl (C=O) groups excluding carboxylic acids is 10. The first-order chi connectivity index (χ1) is 61.3. The lowest BCUT2D eigenvalue weighted by Crippen LogP contribution is -2.64. The Bertz CT molecular complexity index is 6540. The van der Waals surface area contributed by atoms with Gasteiger partial charge in [-0.3, -0.25) is 42.0 Å². The average Bonchev–Trinajstić information content (AvgIpc) is 1.59. The number of hydrogen-bond donors (Lipinski definition) is 3. The van der Waals surface area contributed by atoms with Crippen molar-refractivity contribution in [3.8, 4) is 0 Å². The number of alkyl carbamates (subject to hydrolysis) is 1. The molecule has 10 atom stereocenters. The van der Waals surface area contributed by atoms with E-state index in [1.54, 1.807) is 95.7 Å². The number of amides is 1. The number of esters is 8. The van der Waals surface area contributed by atoms with E-state index in [9.17, 15) is 78.3 Å². The summed E-state index contributed by atoms with van der Waals surface area (Å²) in [6.07, 6.45) is -5.39.